The van der Waals surface area contributed by atoms with Crippen molar-refractivity contribution in [3.8, 4) is 6.07 Å². The van der Waals surface area contributed by atoms with Crippen molar-refractivity contribution in [3.63, 3.8) is 0 Å². The van der Waals surface area contributed by atoms with Crippen molar-refractivity contribution in [2.45, 2.75) is 6.54 Å². The molecule has 2 aromatic rings. The molecule has 2 rings (SSSR count). The largest absolute Gasteiger partial charge is 0.309 e. The van der Waals surface area contributed by atoms with Crippen LogP contribution < -0.4 is 5.32 Å². The smallest absolute Gasteiger partial charge is 0.0991 e. The maximum atomic E-state index is 8.82. The number of hydrogen-bond donors (Lipinski definition) is 1. The van der Waals surface area contributed by atoms with Crippen LogP contribution in [-0.4, -0.2) is 6.54 Å². The Kier molecular flexibility index (Phi) is 4.92. The molecule has 2 nitrogen and oxygen atoms in total. The fourth-order valence-corrected chi connectivity index (χ4v) is 1.81. The van der Waals surface area contributed by atoms with E-state index in [0.717, 1.165) is 18.7 Å². The second-order valence-corrected chi connectivity index (χ2v) is 4.26. The van der Waals surface area contributed by atoms with Crippen molar-refractivity contribution < 1.29 is 0 Å². The van der Waals surface area contributed by atoms with E-state index in [1.807, 2.05) is 42.5 Å². The SMILES string of the molecule is N#Cc1cccc(CNCC=Cc2ccccc2)c1. The van der Waals surface area contributed by atoms with Gasteiger partial charge in [-0.1, -0.05) is 54.6 Å². The summed E-state index contributed by atoms with van der Waals surface area (Å²) in [5.41, 5.74) is 3.04. The zero-order valence-electron chi connectivity index (χ0n) is 10.7. The Bertz CT molecular complexity index is 580. The first-order valence-corrected chi connectivity index (χ1v) is 6.30. The van der Waals surface area contributed by atoms with E-state index in [0.29, 0.717) is 5.56 Å². The van der Waals surface area contributed by atoms with Crippen molar-refractivity contribution in [1.82, 2.24) is 5.32 Å². The molecule has 0 aliphatic heterocycles. The highest BCUT2D eigenvalue weighted by atomic mass is 14.8. The molecular formula is C17H16N2. The average Bonchev–Trinajstić information content (AvgIpc) is 2.48. The minimum atomic E-state index is 0.708. The Labute approximate surface area is 114 Å². The number of nitriles is 1. The van der Waals surface area contributed by atoms with Crippen LogP contribution in [0.1, 0.15) is 16.7 Å². The molecule has 0 amide bonds. The van der Waals surface area contributed by atoms with Gasteiger partial charge in [-0.25, -0.2) is 0 Å². The molecule has 0 aromatic heterocycles. The van der Waals surface area contributed by atoms with Crippen LogP contribution in [0.15, 0.2) is 60.7 Å². The Balaban J connectivity index is 1.78. The van der Waals surface area contributed by atoms with Crippen LogP contribution in [-0.2, 0) is 6.54 Å². The zero-order valence-corrected chi connectivity index (χ0v) is 10.7. The van der Waals surface area contributed by atoms with E-state index in [1.54, 1.807) is 0 Å². The lowest BCUT2D eigenvalue weighted by Gasteiger charge is -2.02. The van der Waals surface area contributed by atoms with Gasteiger partial charge in [-0.05, 0) is 23.3 Å². The third kappa shape index (κ3) is 4.42. The minimum Gasteiger partial charge on any atom is -0.309 e. The van der Waals surface area contributed by atoms with E-state index >= 15 is 0 Å². The summed E-state index contributed by atoms with van der Waals surface area (Å²) in [5, 5.41) is 12.1. The zero-order chi connectivity index (χ0) is 13.3. The van der Waals surface area contributed by atoms with Gasteiger partial charge in [0.2, 0.25) is 0 Å². The molecule has 1 N–H and O–H groups in total. The summed E-state index contributed by atoms with van der Waals surface area (Å²) in [6, 6.07) is 20.0. The quantitative estimate of drug-likeness (QED) is 0.823. The molecule has 0 saturated carbocycles. The van der Waals surface area contributed by atoms with Crippen LogP contribution in [0.25, 0.3) is 6.08 Å². The lowest BCUT2D eigenvalue weighted by molar-refractivity contribution is 0.761. The molecule has 2 aromatic carbocycles. The maximum absolute atomic E-state index is 8.82. The second-order valence-electron chi connectivity index (χ2n) is 4.26. The van der Waals surface area contributed by atoms with Crippen molar-refractivity contribution >= 4 is 6.08 Å². The fourth-order valence-electron chi connectivity index (χ4n) is 1.81. The van der Waals surface area contributed by atoms with Gasteiger partial charge in [-0.3, -0.25) is 0 Å². The van der Waals surface area contributed by atoms with Gasteiger partial charge in [-0.15, -0.1) is 0 Å². The van der Waals surface area contributed by atoms with Crippen molar-refractivity contribution in [2.75, 3.05) is 6.54 Å². The predicted molar refractivity (Wildman–Crippen MR) is 78.3 cm³/mol. The molecule has 0 bridgehead atoms. The minimum absolute atomic E-state index is 0.708. The summed E-state index contributed by atoms with van der Waals surface area (Å²) in [5.74, 6) is 0. The summed E-state index contributed by atoms with van der Waals surface area (Å²) in [4.78, 5) is 0. The van der Waals surface area contributed by atoms with Gasteiger partial charge in [0.15, 0.2) is 0 Å². The fraction of sp³-hybridized carbons (Fsp3) is 0.118. The lowest BCUT2D eigenvalue weighted by Crippen LogP contribution is -2.12. The number of benzene rings is 2. The van der Waals surface area contributed by atoms with Crippen LogP contribution in [0, 0.1) is 11.3 Å². The van der Waals surface area contributed by atoms with Crippen LogP contribution in [0.4, 0.5) is 0 Å². The topological polar surface area (TPSA) is 35.8 Å². The highest BCUT2D eigenvalue weighted by molar-refractivity contribution is 5.48. The third-order valence-electron chi connectivity index (χ3n) is 2.76. The molecule has 0 saturated heterocycles. The number of rotatable bonds is 5. The summed E-state index contributed by atoms with van der Waals surface area (Å²) in [6.07, 6.45) is 4.20. The van der Waals surface area contributed by atoms with E-state index in [4.69, 9.17) is 5.26 Å². The molecule has 2 heteroatoms. The summed E-state index contributed by atoms with van der Waals surface area (Å²) >= 11 is 0. The molecule has 0 unspecified atom stereocenters. The summed E-state index contributed by atoms with van der Waals surface area (Å²) < 4.78 is 0. The van der Waals surface area contributed by atoms with Gasteiger partial charge >= 0.3 is 0 Å². The number of hydrogen-bond acceptors (Lipinski definition) is 2. The van der Waals surface area contributed by atoms with Crippen molar-refractivity contribution in [1.29, 1.82) is 5.26 Å². The van der Waals surface area contributed by atoms with E-state index in [-0.39, 0.29) is 0 Å². The summed E-state index contributed by atoms with van der Waals surface area (Å²) in [6.45, 7) is 1.58. The van der Waals surface area contributed by atoms with E-state index in [1.165, 1.54) is 5.56 Å². The Morgan fingerprint density at radius 3 is 2.68 bits per heavy atom. The molecule has 94 valence electrons. The van der Waals surface area contributed by atoms with Gasteiger partial charge in [-0.2, -0.15) is 5.26 Å². The van der Waals surface area contributed by atoms with Crippen LogP contribution in [0.2, 0.25) is 0 Å². The Morgan fingerprint density at radius 2 is 1.89 bits per heavy atom. The lowest BCUT2D eigenvalue weighted by atomic mass is 10.1. The molecule has 0 spiro atoms. The normalized spacial score (nSPS) is 10.5. The van der Waals surface area contributed by atoms with Gasteiger partial charge in [0.1, 0.15) is 0 Å². The third-order valence-corrected chi connectivity index (χ3v) is 2.76. The molecular weight excluding hydrogens is 232 g/mol. The first-order valence-electron chi connectivity index (χ1n) is 6.30. The van der Waals surface area contributed by atoms with Crippen LogP contribution >= 0.6 is 0 Å². The molecule has 0 radical (unpaired) electrons. The Hall–Kier alpha value is -2.37. The molecule has 0 heterocycles. The average molecular weight is 248 g/mol. The maximum Gasteiger partial charge on any atom is 0.0991 e. The van der Waals surface area contributed by atoms with Crippen molar-refractivity contribution in [2.24, 2.45) is 0 Å². The van der Waals surface area contributed by atoms with Gasteiger partial charge in [0.05, 0.1) is 11.6 Å². The molecule has 0 fully saturated rings. The van der Waals surface area contributed by atoms with Gasteiger partial charge < -0.3 is 5.32 Å². The monoisotopic (exact) mass is 248 g/mol. The molecule has 19 heavy (non-hydrogen) atoms. The van der Waals surface area contributed by atoms with E-state index in [9.17, 15) is 0 Å². The van der Waals surface area contributed by atoms with Crippen LogP contribution in [0.5, 0.6) is 0 Å². The van der Waals surface area contributed by atoms with E-state index < -0.39 is 0 Å². The standard InChI is InChI=1S/C17H16N2/c18-13-16-8-4-9-17(12-16)14-19-11-5-10-15-6-2-1-3-7-15/h1-10,12,19H,11,14H2. The van der Waals surface area contributed by atoms with E-state index in [2.05, 4.69) is 35.7 Å². The Morgan fingerprint density at radius 1 is 1.05 bits per heavy atom. The molecule has 0 aliphatic rings. The first-order chi connectivity index (χ1) is 9.38. The van der Waals surface area contributed by atoms with Crippen molar-refractivity contribution in [3.05, 3.63) is 77.4 Å². The van der Waals surface area contributed by atoms with Gasteiger partial charge in [0, 0.05) is 13.1 Å². The number of nitrogens with zero attached hydrogens (tertiary/aromatic N) is 1. The second kappa shape index (κ2) is 7.15. The highest BCUT2D eigenvalue weighted by Crippen LogP contribution is 2.04. The predicted octanol–water partition coefficient (Wildman–Crippen LogP) is 3.36. The number of nitrogens with one attached hydrogen (secondary N) is 1. The molecule has 0 atom stereocenters. The first kappa shape index (κ1) is 13.1. The summed E-state index contributed by atoms with van der Waals surface area (Å²) in [7, 11) is 0. The van der Waals surface area contributed by atoms with Crippen LogP contribution in [0.3, 0.4) is 0 Å². The molecule has 0 aliphatic carbocycles. The van der Waals surface area contributed by atoms with Gasteiger partial charge in [0.25, 0.3) is 0 Å². The highest BCUT2D eigenvalue weighted by Gasteiger charge is 1.93.